The summed E-state index contributed by atoms with van der Waals surface area (Å²) in [5, 5.41) is 11.1. The summed E-state index contributed by atoms with van der Waals surface area (Å²) in [6, 6.07) is 3.36. The highest BCUT2D eigenvalue weighted by Crippen LogP contribution is 2.32. The normalized spacial score (nSPS) is 14.9. The molecular weight excluding hydrogens is 286 g/mol. The van der Waals surface area contributed by atoms with E-state index in [4.69, 9.17) is 4.74 Å². The predicted octanol–water partition coefficient (Wildman–Crippen LogP) is 1.09. The van der Waals surface area contributed by atoms with Crippen LogP contribution in [-0.4, -0.2) is 61.5 Å². The number of ether oxygens (including phenoxy) is 1. The molecule has 0 saturated heterocycles. The fraction of sp³-hybridized carbons (Fsp3) is 0.533. The van der Waals surface area contributed by atoms with E-state index in [0.717, 1.165) is 30.6 Å². The van der Waals surface area contributed by atoms with Gasteiger partial charge >= 0.3 is 5.69 Å². The number of amides is 1. The molecule has 0 radical (unpaired) electrons. The van der Waals surface area contributed by atoms with Gasteiger partial charge in [-0.05, 0) is 30.0 Å². The van der Waals surface area contributed by atoms with E-state index in [9.17, 15) is 14.9 Å². The molecule has 22 heavy (non-hydrogen) atoms. The Morgan fingerprint density at radius 2 is 1.91 bits per heavy atom. The van der Waals surface area contributed by atoms with Gasteiger partial charge in [-0.2, -0.15) is 0 Å². The fourth-order valence-corrected chi connectivity index (χ4v) is 2.59. The van der Waals surface area contributed by atoms with Gasteiger partial charge in [0.25, 0.3) is 0 Å². The number of nitro groups is 1. The predicted molar refractivity (Wildman–Crippen MR) is 82.2 cm³/mol. The van der Waals surface area contributed by atoms with Crippen LogP contribution in [0.3, 0.4) is 0 Å². The average molecular weight is 307 g/mol. The summed E-state index contributed by atoms with van der Waals surface area (Å²) in [7, 11) is 4.92. The fourth-order valence-electron chi connectivity index (χ4n) is 2.59. The standard InChI is InChI=1S/C15H21N3O4/c1-16(2)15(19)10-17-6-4-11-8-13(18(20)21)14(22-3)9-12(11)5-7-17/h8-9H,4-7,10H2,1-3H3. The number of nitro benzene ring substituents is 1. The molecule has 0 unspecified atom stereocenters. The second-order valence-electron chi connectivity index (χ2n) is 5.61. The summed E-state index contributed by atoms with van der Waals surface area (Å²) >= 11 is 0. The van der Waals surface area contributed by atoms with Gasteiger partial charge in [-0.15, -0.1) is 0 Å². The third-order valence-corrected chi connectivity index (χ3v) is 3.95. The van der Waals surface area contributed by atoms with E-state index in [-0.39, 0.29) is 11.6 Å². The van der Waals surface area contributed by atoms with E-state index < -0.39 is 4.92 Å². The van der Waals surface area contributed by atoms with Crippen LogP contribution in [0.25, 0.3) is 0 Å². The van der Waals surface area contributed by atoms with Crippen molar-refractivity contribution < 1.29 is 14.5 Å². The number of hydrogen-bond acceptors (Lipinski definition) is 5. The summed E-state index contributed by atoms with van der Waals surface area (Å²) in [6.07, 6.45) is 1.45. The number of benzene rings is 1. The Bertz CT molecular complexity index is 586. The third kappa shape index (κ3) is 3.54. The first-order chi connectivity index (χ1) is 10.4. The van der Waals surface area contributed by atoms with Gasteiger partial charge < -0.3 is 9.64 Å². The van der Waals surface area contributed by atoms with Gasteiger partial charge in [-0.3, -0.25) is 19.8 Å². The molecule has 0 bridgehead atoms. The zero-order valence-electron chi connectivity index (χ0n) is 13.2. The van der Waals surface area contributed by atoms with Gasteiger partial charge in [-0.25, -0.2) is 0 Å². The maximum atomic E-state index is 11.8. The van der Waals surface area contributed by atoms with E-state index in [0.29, 0.717) is 18.7 Å². The van der Waals surface area contributed by atoms with Crippen LogP contribution in [0.1, 0.15) is 11.1 Å². The maximum Gasteiger partial charge on any atom is 0.311 e. The number of rotatable bonds is 4. The van der Waals surface area contributed by atoms with E-state index >= 15 is 0 Å². The molecule has 1 heterocycles. The maximum absolute atomic E-state index is 11.8. The van der Waals surface area contributed by atoms with Crippen LogP contribution in [0.5, 0.6) is 5.75 Å². The molecule has 7 heteroatoms. The lowest BCUT2D eigenvalue weighted by molar-refractivity contribution is -0.385. The van der Waals surface area contributed by atoms with Crippen LogP contribution < -0.4 is 4.74 Å². The zero-order chi connectivity index (χ0) is 16.3. The van der Waals surface area contributed by atoms with E-state index in [1.807, 2.05) is 0 Å². The third-order valence-electron chi connectivity index (χ3n) is 3.95. The van der Waals surface area contributed by atoms with Crippen molar-refractivity contribution in [3.8, 4) is 5.75 Å². The Kier molecular flexibility index (Phi) is 4.97. The molecule has 1 aliphatic heterocycles. The average Bonchev–Trinajstić information content (AvgIpc) is 2.67. The first-order valence-corrected chi connectivity index (χ1v) is 7.19. The molecule has 0 spiro atoms. The summed E-state index contributed by atoms with van der Waals surface area (Å²) in [4.78, 5) is 26.2. The molecule has 7 nitrogen and oxygen atoms in total. The first-order valence-electron chi connectivity index (χ1n) is 7.19. The van der Waals surface area contributed by atoms with Crippen LogP contribution in [0.15, 0.2) is 12.1 Å². The molecule has 1 aromatic carbocycles. The molecule has 0 aromatic heterocycles. The topological polar surface area (TPSA) is 75.9 Å². The smallest absolute Gasteiger partial charge is 0.311 e. The van der Waals surface area contributed by atoms with Crippen LogP contribution in [0.4, 0.5) is 5.69 Å². The molecule has 1 aliphatic rings. The molecule has 1 aromatic rings. The molecule has 2 rings (SSSR count). The Morgan fingerprint density at radius 3 is 2.41 bits per heavy atom. The Hall–Kier alpha value is -2.15. The van der Waals surface area contributed by atoms with Crippen molar-refractivity contribution in [3.05, 3.63) is 33.4 Å². The summed E-state index contributed by atoms with van der Waals surface area (Å²) in [5.74, 6) is 0.357. The minimum absolute atomic E-state index is 0.000863. The van der Waals surface area contributed by atoms with Crippen LogP contribution in [-0.2, 0) is 17.6 Å². The van der Waals surface area contributed by atoms with Crippen molar-refractivity contribution in [1.29, 1.82) is 0 Å². The number of methoxy groups -OCH3 is 1. The van der Waals surface area contributed by atoms with Gasteiger partial charge in [0, 0.05) is 33.3 Å². The van der Waals surface area contributed by atoms with Crippen LogP contribution in [0, 0.1) is 10.1 Å². The monoisotopic (exact) mass is 307 g/mol. The quantitative estimate of drug-likeness (QED) is 0.615. The van der Waals surface area contributed by atoms with Gasteiger partial charge in [0.1, 0.15) is 0 Å². The Morgan fingerprint density at radius 1 is 1.32 bits per heavy atom. The lowest BCUT2D eigenvalue weighted by Gasteiger charge is -2.21. The molecule has 0 atom stereocenters. The van der Waals surface area contributed by atoms with E-state index in [2.05, 4.69) is 4.90 Å². The lowest BCUT2D eigenvalue weighted by atomic mass is 10.0. The number of likely N-dealkylation sites (N-methyl/N-ethyl adjacent to an activating group) is 1. The van der Waals surface area contributed by atoms with Crippen molar-refractivity contribution in [2.75, 3.05) is 40.8 Å². The summed E-state index contributed by atoms with van der Waals surface area (Å²) < 4.78 is 5.12. The second kappa shape index (κ2) is 6.74. The van der Waals surface area contributed by atoms with Gasteiger partial charge in [0.15, 0.2) is 5.75 Å². The van der Waals surface area contributed by atoms with E-state index in [1.165, 1.54) is 7.11 Å². The first kappa shape index (κ1) is 16.2. The van der Waals surface area contributed by atoms with Crippen molar-refractivity contribution in [2.24, 2.45) is 0 Å². The van der Waals surface area contributed by atoms with Gasteiger partial charge in [0.05, 0.1) is 18.6 Å². The molecule has 0 fully saturated rings. The number of hydrogen-bond donors (Lipinski definition) is 0. The van der Waals surface area contributed by atoms with Crippen LogP contribution in [0.2, 0.25) is 0 Å². The largest absolute Gasteiger partial charge is 0.490 e. The highest BCUT2D eigenvalue weighted by atomic mass is 16.6. The van der Waals surface area contributed by atoms with Crippen molar-refractivity contribution in [2.45, 2.75) is 12.8 Å². The molecule has 0 aliphatic carbocycles. The highest BCUT2D eigenvalue weighted by molar-refractivity contribution is 5.77. The molecule has 0 N–H and O–H groups in total. The van der Waals surface area contributed by atoms with Gasteiger partial charge in [0.2, 0.25) is 5.91 Å². The number of nitrogens with zero attached hydrogens (tertiary/aromatic N) is 3. The van der Waals surface area contributed by atoms with Crippen molar-refractivity contribution >= 4 is 11.6 Å². The number of fused-ring (bicyclic) bond motifs is 1. The highest BCUT2D eigenvalue weighted by Gasteiger charge is 2.22. The lowest BCUT2D eigenvalue weighted by Crippen LogP contribution is -2.37. The van der Waals surface area contributed by atoms with E-state index in [1.54, 1.807) is 31.1 Å². The number of carbonyl (C=O) groups excluding carboxylic acids is 1. The second-order valence-corrected chi connectivity index (χ2v) is 5.61. The molecule has 120 valence electrons. The van der Waals surface area contributed by atoms with Gasteiger partial charge in [-0.1, -0.05) is 0 Å². The number of carbonyl (C=O) groups is 1. The Balaban J connectivity index is 2.18. The minimum atomic E-state index is -0.419. The molecule has 1 amide bonds. The van der Waals surface area contributed by atoms with Crippen molar-refractivity contribution in [1.82, 2.24) is 9.80 Å². The van der Waals surface area contributed by atoms with Crippen LogP contribution >= 0.6 is 0 Å². The van der Waals surface area contributed by atoms with Crippen molar-refractivity contribution in [3.63, 3.8) is 0 Å². The Labute approximate surface area is 129 Å². The zero-order valence-corrected chi connectivity index (χ0v) is 13.2. The minimum Gasteiger partial charge on any atom is -0.490 e. The summed E-state index contributed by atoms with van der Waals surface area (Å²) in [5.41, 5.74) is 2.02. The molecule has 0 saturated carbocycles. The molecular formula is C15H21N3O4. The summed E-state index contributed by atoms with van der Waals surface area (Å²) in [6.45, 7) is 1.85. The SMILES string of the molecule is COc1cc2c(cc1[N+](=O)[O-])CCN(CC(=O)N(C)C)CC2.